The lowest BCUT2D eigenvalue weighted by Gasteiger charge is -2.38. The average Bonchev–Trinajstić information content (AvgIpc) is 2.56. The molecule has 0 unspecified atom stereocenters. The fourth-order valence-electron chi connectivity index (χ4n) is 3.38. The molecule has 3 atom stereocenters. The number of carbonyl (C=O) groups excluding carboxylic acids is 1. The summed E-state index contributed by atoms with van der Waals surface area (Å²) in [6.07, 6.45) is 0. The van der Waals surface area contributed by atoms with E-state index in [-0.39, 0.29) is 6.03 Å². The molecular formula is C17H34N4OS. The van der Waals surface area contributed by atoms with Crippen LogP contribution < -0.4 is 5.32 Å². The van der Waals surface area contributed by atoms with E-state index in [0.29, 0.717) is 17.2 Å². The summed E-state index contributed by atoms with van der Waals surface area (Å²) < 4.78 is 0. The molecule has 0 saturated carbocycles. The summed E-state index contributed by atoms with van der Waals surface area (Å²) in [5.41, 5.74) is 0. The maximum atomic E-state index is 12.4. The van der Waals surface area contributed by atoms with Crippen molar-refractivity contribution in [2.75, 3.05) is 58.1 Å². The van der Waals surface area contributed by atoms with Crippen molar-refractivity contribution in [3.05, 3.63) is 0 Å². The third kappa shape index (κ3) is 5.54. The number of amides is 2. The van der Waals surface area contributed by atoms with Crippen LogP contribution in [0.4, 0.5) is 4.79 Å². The van der Waals surface area contributed by atoms with Crippen molar-refractivity contribution in [2.45, 2.75) is 39.0 Å². The number of rotatable bonds is 5. The van der Waals surface area contributed by atoms with Gasteiger partial charge in [-0.25, -0.2) is 4.79 Å². The Balaban J connectivity index is 1.67. The minimum Gasteiger partial charge on any atom is -0.338 e. The first-order valence-electron chi connectivity index (χ1n) is 9.12. The Morgan fingerprint density at radius 1 is 1.17 bits per heavy atom. The van der Waals surface area contributed by atoms with Gasteiger partial charge >= 0.3 is 6.03 Å². The van der Waals surface area contributed by atoms with Crippen LogP contribution in [0.25, 0.3) is 0 Å². The smallest absolute Gasteiger partial charge is 0.317 e. The highest BCUT2D eigenvalue weighted by molar-refractivity contribution is 8.00. The SMILES string of the molecule is CCN1CCN(C[C@H](C)CNC(=O)N2CCS[C@@H](C)[C@@H]2C)CC1. The molecule has 2 saturated heterocycles. The number of piperazine rings is 1. The van der Waals surface area contributed by atoms with Gasteiger partial charge in [0.15, 0.2) is 0 Å². The van der Waals surface area contributed by atoms with Crippen LogP contribution in [0.5, 0.6) is 0 Å². The molecular weight excluding hydrogens is 308 g/mol. The Hall–Kier alpha value is -0.460. The van der Waals surface area contributed by atoms with Crippen LogP contribution in [0.2, 0.25) is 0 Å². The molecule has 0 radical (unpaired) electrons. The fraction of sp³-hybridized carbons (Fsp3) is 0.941. The van der Waals surface area contributed by atoms with Gasteiger partial charge in [0, 0.05) is 62.9 Å². The van der Waals surface area contributed by atoms with Gasteiger partial charge in [-0.1, -0.05) is 20.8 Å². The van der Waals surface area contributed by atoms with Crippen LogP contribution in [0.15, 0.2) is 0 Å². The molecule has 0 aromatic rings. The zero-order valence-electron chi connectivity index (χ0n) is 15.3. The van der Waals surface area contributed by atoms with Gasteiger partial charge in [0.25, 0.3) is 0 Å². The number of thioether (sulfide) groups is 1. The number of carbonyl (C=O) groups is 1. The second kappa shape index (κ2) is 9.14. The molecule has 0 aromatic heterocycles. The zero-order valence-corrected chi connectivity index (χ0v) is 16.1. The highest BCUT2D eigenvalue weighted by atomic mass is 32.2. The van der Waals surface area contributed by atoms with Crippen LogP contribution in [0.3, 0.4) is 0 Å². The van der Waals surface area contributed by atoms with Crippen LogP contribution in [0.1, 0.15) is 27.7 Å². The molecule has 0 bridgehead atoms. The van der Waals surface area contributed by atoms with Gasteiger partial charge in [-0.3, -0.25) is 0 Å². The minimum absolute atomic E-state index is 0.118. The topological polar surface area (TPSA) is 38.8 Å². The van der Waals surface area contributed by atoms with Crippen molar-refractivity contribution >= 4 is 17.8 Å². The average molecular weight is 343 g/mol. The lowest BCUT2D eigenvalue weighted by molar-refractivity contribution is 0.123. The molecule has 0 spiro atoms. The molecule has 2 amide bonds. The molecule has 2 heterocycles. The van der Waals surface area contributed by atoms with Crippen molar-refractivity contribution in [3.8, 4) is 0 Å². The Kier molecular flexibility index (Phi) is 7.50. The molecule has 1 N–H and O–H groups in total. The molecule has 0 aromatic carbocycles. The second-order valence-corrected chi connectivity index (χ2v) is 8.52. The quantitative estimate of drug-likeness (QED) is 0.827. The maximum Gasteiger partial charge on any atom is 0.317 e. The summed E-state index contributed by atoms with van der Waals surface area (Å²) in [6, 6.07) is 0.443. The van der Waals surface area contributed by atoms with Gasteiger partial charge in [0.2, 0.25) is 0 Å². The number of nitrogens with one attached hydrogen (secondary N) is 1. The van der Waals surface area contributed by atoms with Crippen molar-refractivity contribution in [1.29, 1.82) is 0 Å². The van der Waals surface area contributed by atoms with E-state index in [4.69, 9.17) is 0 Å². The van der Waals surface area contributed by atoms with Crippen molar-refractivity contribution in [3.63, 3.8) is 0 Å². The highest BCUT2D eigenvalue weighted by Gasteiger charge is 2.29. The van der Waals surface area contributed by atoms with Crippen LogP contribution in [-0.2, 0) is 0 Å². The van der Waals surface area contributed by atoms with Gasteiger partial charge in [0.1, 0.15) is 0 Å². The number of nitrogens with zero attached hydrogens (tertiary/aromatic N) is 3. The van der Waals surface area contributed by atoms with Crippen molar-refractivity contribution in [2.24, 2.45) is 5.92 Å². The maximum absolute atomic E-state index is 12.4. The van der Waals surface area contributed by atoms with E-state index in [2.05, 4.69) is 42.8 Å². The highest BCUT2D eigenvalue weighted by Crippen LogP contribution is 2.24. The molecule has 6 heteroatoms. The summed E-state index contributed by atoms with van der Waals surface area (Å²) in [5.74, 6) is 1.55. The second-order valence-electron chi connectivity index (χ2n) is 7.04. The first-order valence-corrected chi connectivity index (χ1v) is 10.2. The third-order valence-corrected chi connectivity index (χ3v) is 6.57. The Labute approximate surface area is 146 Å². The van der Waals surface area contributed by atoms with Gasteiger partial charge in [0.05, 0.1) is 0 Å². The molecule has 2 aliphatic rings. The molecule has 23 heavy (non-hydrogen) atoms. The monoisotopic (exact) mass is 342 g/mol. The van der Waals surface area contributed by atoms with E-state index >= 15 is 0 Å². The van der Waals surface area contributed by atoms with E-state index in [1.807, 2.05) is 16.7 Å². The lowest BCUT2D eigenvalue weighted by atomic mass is 10.1. The number of hydrogen-bond donors (Lipinski definition) is 1. The van der Waals surface area contributed by atoms with Crippen LogP contribution in [0, 0.1) is 5.92 Å². The van der Waals surface area contributed by atoms with Crippen LogP contribution in [-0.4, -0.2) is 90.1 Å². The molecule has 134 valence electrons. The third-order valence-electron chi connectivity index (χ3n) is 5.23. The normalized spacial score (nSPS) is 28.6. The first kappa shape index (κ1) is 18.9. The van der Waals surface area contributed by atoms with Gasteiger partial charge < -0.3 is 20.0 Å². The Bertz CT molecular complexity index is 374. The first-order chi connectivity index (χ1) is 11.0. The summed E-state index contributed by atoms with van der Waals surface area (Å²) >= 11 is 1.96. The predicted octanol–water partition coefficient (Wildman–Crippen LogP) is 1.80. The molecule has 0 aliphatic carbocycles. The van der Waals surface area contributed by atoms with E-state index in [1.54, 1.807) is 0 Å². The van der Waals surface area contributed by atoms with Gasteiger partial charge in [-0.15, -0.1) is 0 Å². The molecule has 2 rings (SSSR count). The Morgan fingerprint density at radius 2 is 1.83 bits per heavy atom. The lowest BCUT2D eigenvalue weighted by Crippen LogP contribution is -2.53. The van der Waals surface area contributed by atoms with Crippen molar-refractivity contribution < 1.29 is 4.79 Å². The summed E-state index contributed by atoms with van der Waals surface area (Å²) in [5, 5.41) is 3.68. The summed E-state index contributed by atoms with van der Waals surface area (Å²) in [7, 11) is 0. The van der Waals surface area contributed by atoms with Gasteiger partial charge in [-0.05, 0) is 19.4 Å². The van der Waals surface area contributed by atoms with E-state index in [1.165, 1.54) is 13.1 Å². The summed E-state index contributed by atoms with van der Waals surface area (Å²) in [4.78, 5) is 19.5. The number of likely N-dealkylation sites (N-methyl/N-ethyl adjacent to an activating group) is 1. The Morgan fingerprint density at radius 3 is 2.48 bits per heavy atom. The minimum atomic E-state index is 0.118. The molecule has 5 nitrogen and oxygen atoms in total. The van der Waals surface area contributed by atoms with Gasteiger partial charge in [-0.2, -0.15) is 11.8 Å². The fourth-order valence-corrected chi connectivity index (χ4v) is 4.48. The van der Waals surface area contributed by atoms with E-state index in [0.717, 1.165) is 45.0 Å². The summed E-state index contributed by atoms with van der Waals surface area (Å²) in [6.45, 7) is 17.4. The van der Waals surface area contributed by atoms with E-state index < -0.39 is 0 Å². The zero-order chi connectivity index (χ0) is 16.8. The van der Waals surface area contributed by atoms with Crippen LogP contribution >= 0.6 is 11.8 Å². The largest absolute Gasteiger partial charge is 0.338 e. The van der Waals surface area contributed by atoms with Crippen molar-refractivity contribution in [1.82, 2.24) is 20.0 Å². The standard InChI is InChI=1S/C17H34N4OS/c1-5-19-6-8-20(9-7-19)13-14(2)12-18-17(22)21-10-11-23-16(4)15(21)3/h14-16H,5-13H2,1-4H3,(H,18,22)/t14-,15+,16+/m1/s1. The number of hydrogen-bond acceptors (Lipinski definition) is 4. The predicted molar refractivity (Wildman–Crippen MR) is 99.2 cm³/mol. The molecule has 2 aliphatic heterocycles. The molecule has 2 fully saturated rings. The number of urea groups is 1. The van der Waals surface area contributed by atoms with E-state index in [9.17, 15) is 4.79 Å².